The fourth-order valence-corrected chi connectivity index (χ4v) is 2.20. The summed E-state index contributed by atoms with van der Waals surface area (Å²) in [6.45, 7) is 0.497. The summed E-state index contributed by atoms with van der Waals surface area (Å²) in [5.41, 5.74) is 0.665. The molecule has 3 nitrogen and oxygen atoms in total. The first-order valence-corrected chi connectivity index (χ1v) is 6.58. The minimum atomic E-state index is 0.497. The Kier molecular flexibility index (Phi) is 4.94. The molecule has 1 saturated carbocycles. The zero-order valence-corrected chi connectivity index (χ0v) is 10.5. The van der Waals surface area contributed by atoms with Gasteiger partial charge in [-0.15, -0.1) is 0 Å². The summed E-state index contributed by atoms with van der Waals surface area (Å²) in [4.78, 5) is 15.0. The first kappa shape index (κ1) is 12.8. The van der Waals surface area contributed by atoms with E-state index in [9.17, 15) is 4.79 Å². The van der Waals surface area contributed by atoms with E-state index in [1.54, 1.807) is 24.3 Å². The highest BCUT2D eigenvalue weighted by Gasteiger charge is 2.10. The molecule has 3 heteroatoms. The largest absolute Gasteiger partial charge is 0.488 e. The predicted molar refractivity (Wildman–Crippen MR) is 72.7 cm³/mol. The fourth-order valence-electron chi connectivity index (χ4n) is 2.20. The molecule has 0 saturated heterocycles. The Morgan fingerprint density at radius 1 is 1.17 bits per heavy atom. The van der Waals surface area contributed by atoms with E-state index in [4.69, 9.17) is 4.74 Å². The Labute approximate surface area is 108 Å². The smallest absolute Gasteiger partial charge is 0.150 e. The zero-order chi connectivity index (χ0) is 12.6. The molecule has 0 spiro atoms. The number of hydrogen-bond donors (Lipinski definition) is 0. The van der Waals surface area contributed by atoms with Gasteiger partial charge >= 0.3 is 0 Å². The number of benzene rings is 1. The minimum absolute atomic E-state index is 0.497. The van der Waals surface area contributed by atoms with Crippen molar-refractivity contribution in [3.05, 3.63) is 29.8 Å². The van der Waals surface area contributed by atoms with Crippen molar-refractivity contribution in [2.24, 2.45) is 4.99 Å². The van der Waals surface area contributed by atoms with Crippen molar-refractivity contribution < 1.29 is 9.53 Å². The molecule has 0 radical (unpaired) electrons. The van der Waals surface area contributed by atoms with Crippen LogP contribution in [-0.2, 0) is 0 Å². The third kappa shape index (κ3) is 3.99. The Balaban J connectivity index is 1.73. The second kappa shape index (κ2) is 6.94. The number of carbonyl (C=O) groups is 1. The van der Waals surface area contributed by atoms with E-state index in [0.717, 1.165) is 12.0 Å². The molecule has 18 heavy (non-hydrogen) atoms. The topological polar surface area (TPSA) is 38.7 Å². The van der Waals surface area contributed by atoms with Gasteiger partial charge in [0.05, 0.1) is 0 Å². The van der Waals surface area contributed by atoms with Crippen molar-refractivity contribution in [3.8, 4) is 5.75 Å². The lowest BCUT2D eigenvalue weighted by Gasteiger charge is -2.17. The van der Waals surface area contributed by atoms with Crippen LogP contribution in [0.1, 0.15) is 42.5 Å². The van der Waals surface area contributed by atoms with Gasteiger partial charge in [-0.3, -0.25) is 9.79 Å². The standard InChI is InChI=1S/C15H19NO2/c17-12-13-6-8-15(9-7-13)18-11-10-16-14-4-2-1-3-5-14/h6-10,12,14H,1-5,11H2. The molecule has 96 valence electrons. The lowest BCUT2D eigenvalue weighted by Crippen LogP contribution is -2.11. The van der Waals surface area contributed by atoms with Crippen LogP contribution in [0.4, 0.5) is 0 Å². The number of aliphatic imine (C=N–C) groups is 1. The summed E-state index contributed by atoms with van der Waals surface area (Å²) in [7, 11) is 0. The van der Waals surface area contributed by atoms with E-state index in [2.05, 4.69) is 4.99 Å². The van der Waals surface area contributed by atoms with Crippen LogP contribution in [0.15, 0.2) is 29.3 Å². The molecule has 1 aromatic rings. The number of rotatable bonds is 5. The van der Waals surface area contributed by atoms with Gasteiger partial charge in [-0.1, -0.05) is 19.3 Å². The summed E-state index contributed by atoms with van der Waals surface area (Å²) in [5, 5.41) is 0. The Hall–Kier alpha value is -1.64. The number of aldehydes is 1. The van der Waals surface area contributed by atoms with Crippen molar-refractivity contribution in [2.45, 2.75) is 38.1 Å². The van der Waals surface area contributed by atoms with Gasteiger partial charge in [0.25, 0.3) is 0 Å². The highest BCUT2D eigenvalue weighted by molar-refractivity contribution is 5.74. The summed E-state index contributed by atoms with van der Waals surface area (Å²) in [6, 6.07) is 7.61. The maximum Gasteiger partial charge on any atom is 0.150 e. The molecule has 0 aromatic heterocycles. The monoisotopic (exact) mass is 245 g/mol. The first-order chi connectivity index (χ1) is 8.88. The van der Waals surface area contributed by atoms with Crippen LogP contribution < -0.4 is 4.74 Å². The van der Waals surface area contributed by atoms with Crippen molar-refractivity contribution in [1.29, 1.82) is 0 Å². The molecule has 1 aromatic carbocycles. The lowest BCUT2D eigenvalue weighted by molar-refractivity contribution is 0.112. The fraction of sp³-hybridized carbons (Fsp3) is 0.467. The van der Waals surface area contributed by atoms with Crippen LogP contribution in [0.3, 0.4) is 0 Å². The summed E-state index contributed by atoms with van der Waals surface area (Å²) in [6.07, 6.45) is 9.07. The maximum atomic E-state index is 10.5. The van der Waals surface area contributed by atoms with Crippen molar-refractivity contribution >= 4 is 12.5 Å². The molecule has 1 aliphatic carbocycles. The second-order valence-electron chi connectivity index (χ2n) is 4.62. The minimum Gasteiger partial charge on any atom is -0.488 e. The van der Waals surface area contributed by atoms with Gasteiger partial charge in [-0.05, 0) is 37.1 Å². The van der Waals surface area contributed by atoms with Crippen LogP contribution in [0.5, 0.6) is 5.75 Å². The summed E-state index contributed by atoms with van der Waals surface area (Å²) >= 11 is 0. The predicted octanol–water partition coefficient (Wildman–Crippen LogP) is 3.28. The van der Waals surface area contributed by atoms with Gasteiger partial charge in [0.1, 0.15) is 18.6 Å². The molecule has 2 rings (SSSR count). The van der Waals surface area contributed by atoms with E-state index in [0.29, 0.717) is 18.2 Å². The molecule has 0 heterocycles. The first-order valence-electron chi connectivity index (χ1n) is 6.58. The van der Waals surface area contributed by atoms with Crippen LogP contribution >= 0.6 is 0 Å². The molecule has 0 N–H and O–H groups in total. The average molecular weight is 245 g/mol. The number of ether oxygens (including phenoxy) is 1. The molecular formula is C15H19NO2. The van der Waals surface area contributed by atoms with E-state index >= 15 is 0 Å². The Morgan fingerprint density at radius 3 is 2.56 bits per heavy atom. The van der Waals surface area contributed by atoms with Crippen molar-refractivity contribution in [1.82, 2.24) is 0 Å². The summed E-state index contributed by atoms with van der Waals surface area (Å²) < 4.78 is 5.53. The van der Waals surface area contributed by atoms with Crippen LogP contribution in [0, 0.1) is 0 Å². The number of hydrogen-bond acceptors (Lipinski definition) is 3. The Bertz CT molecular complexity index is 391. The second-order valence-corrected chi connectivity index (χ2v) is 4.62. The average Bonchev–Trinajstić information content (AvgIpc) is 2.45. The molecule has 0 bridgehead atoms. The van der Waals surface area contributed by atoms with Crippen molar-refractivity contribution in [3.63, 3.8) is 0 Å². The third-order valence-electron chi connectivity index (χ3n) is 3.23. The highest BCUT2D eigenvalue weighted by Crippen LogP contribution is 2.19. The lowest BCUT2D eigenvalue weighted by atomic mass is 9.96. The molecule has 0 aliphatic heterocycles. The third-order valence-corrected chi connectivity index (χ3v) is 3.23. The molecule has 1 aliphatic rings. The van der Waals surface area contributed by atoms with Crippen LogP contribution in [0.2, 0.25) is 0 Å². The van der Waals surface area contributed by atoms with Gasteiger partial charge in [0, 0.05) is 17.8 Å². The van der Waals surface area contributed by atoms with Gasteiger partial charge < -0.3 is 4.74 Å². The molecule has 0 unspecified atom stereocenters. The maximum absolute atomic E-state index is 10.5. The summed E-state index contributed by atoms with van der Waals surface area (Å²) in [5.74, 6) is 0.774. The van der Waals surface area contributed by atoms with Gasteiger partial charge in [-0.2, -0.15) is 0 Å². The molecule has 0 amide bonds. The Morgan fingerprint density at radius 2 is 1.89 bits per heavy atom. The van der Waals surface area contributed by atoms with Gasteiger partial charge in [0.15, 0.2) is 0 Å². The van der Waals surface area contributed by atoms with E-state index in [1.165, 1.54) is 32.1 Å². The number of nitrogens with zero attached hydrogens (tertiary/aromatic N) is 1. The molecule has 1 fully saturated rings. The quantitative estimate of drug-likeness (QED) is 0.590. The van der Waals surface area contributed by atoms with Crippen LogP contribution in [-0.4, -0.2) is 25.1 Å². The SMILES string of the molecule is O=Cc1ccc(OCC=NC2CCCCC2)cc1. The van der Waals surface area contributed by atoms with E-state index < -0.39 is 0 Å². The molecular weight excluding hydrogens is 226 g/mol. The molecule has 0 atom stereocenters. The normalized spacial score (nSPS) is 16.9. The van der Waals surface area contributed by atoms with Crippen LogP contribution in [0.25, 0.3) is 0 Å². The number of carbonyl (C=O) groups excluding carboxylic acids is 1. The zero-order valence-electron chi connectivity index (χ0n) is 10.5. The van der Waals surface area contributed by atoms with E-state index in [1.807, 2.05) is 6.21 Å². The van der Waals surface area contributed by atoms with Crippen molar-refractivity contribution in [2.75, 3.05) is 6.61 Å². The van der Waals surface area contributed by atoms with E-state index in [-0.39, 0.29) is 0 Å². The highest BCUT2D eigenvalue weighted by atomic mass is 16.5. The van der Waals surface area contributed by atoms with Gasteiger partial charge in [-0.25, -0.2) is 0 Å². The van der Waals surface area contributed by atoms with Gasteiger partial charge in [0.2, 0.25) is 0 Å².